The number of ether oxygens (including phenoxy) is 1. The van der Waals surface area contributed by atoms with E-state index in [1.165, 1.54) is 19.3 Å². The predicted octanol–water partition coefficient (Wildman–Crippen LogP) is 2.70. The highest BCUT2D eigenvalue weighted by Crippen LogP contribution is 2.34. The Morgan fingerprint density at radius 1 is 1.14 bits per heavy atom. The quantitative estimate of drug-likeness (QED) is 0.379. The van der Waals surface area contributed by atoms with Gasteiger partial charge in [0.25, 0.3) is 11.4 Å². The lowest BCUT2D eigenvalue weighted by molar-refractivity contribution is -0.396. The monoisotopic (exact) mass is 553 g/mol. The number of benzene rings is 1. The molecule has 1 N–H and O–H groups in total. The molecule has 29 heavy (non-hydrogen) atoms. The number of halogens is 2. The van der Waals surface area contributed by atoms with Gasteiger partial charge in [-0.05, 0) is 56.5 Å². The number of nitro benzene ring substituents is 2. The van der Waals surface area contributed by atoms with Crippen molar-refractivity contribution in [1.29, 1.82) is 0 Å². The first kappa shape index (κ1) is 23.3. The van der Waals surface area contributed by atoms with Gasteiger partial charge < -0.3 is 4.74 Å². The highest BCUT2D eigenvalue weighted by atomic mass is 79.9. The van der Waals surface area contributed by atoms with Crippen molar-refractivity contribution in [2.24, 2.45) is 0 Å². The number of hydrogen-bond donors (Lipinski definition) is 1. The molecule has 2 rings (SSSR count). The molecule has 0 spiro atoms. The largest absolute Gasteiger partial charge is 0.370 e. The summed E-state index contributed by atoms with van der Waals surface area (Å²) < 4.78 is 33.1. The van der Waals surface area contributed by atoms with Crippen LogP contribution in [0.15, 0.2) is 44.2 Å². The van der Waals surface area contributed by atoms with Gasteiger partial charge in [0.15, 0.2) is 4.90 Å². The molecular weight excluding hydrogens is 542 g/mol. The lowest BCUT2D eigenvalue weighted by Crippen LogP contribution is -2.36. The Kier molecular flexibility index (Phi) is 7.06. The molecule has 14 heteroatoms. The predicted molar refractivity (Wildman–Crippen MR) is 108 cm³/mol. The smallest absolute Gasteiger partial charge is 0.296 e. The van der Waals surface area contributed by atoms with Crippen LogP contribution in [0.1, 0.15) is 6.42 Å². The van der Waals surface area contributed by atoms with Crippen LogP contribution in [-0.4, -0.2) is 43.3 Å². The number of nitro groups is 2. The summed E-state index contributed by atoms with van der Waals surface area (Å²) in [4.78, 5) is 31.2. The van der Waals surface area contributed by atoms with E-state index in [9.17, 15) is 33.4 Å². The number of ketones is 1. The number of non-ortho nitro benzene ring substituents is 1. The second-order valence-electron chi connectivity index (χ2n) is 5.79. The van der Waals surface area contributed by atoms with Gasteiger partial charge in [0.2, 0.25) is 15.8 Å². The number of methoxy groups -OCH3 is 1. The van der Waals surface area contributed by atoms with Gasteiger partial charge in [0.1, 0.15) is 5.60 Å². The van der Waals surface area contributed by atoms with E-state index in [1.807, 2.05) is 0 Å². The van der Waals surface area contributed by atoms with Crippen molar-refractivity contribution in [3.05, 3.63) is 59.5 Å². The van der Waals surface area contributed by atoms with Gasteiger partial charge in [-0.25, -0.2) is 13.1 Å². The maximum atomic E-state index is 12.5. The molecule has 0 unspecified atom stereocenters. The molecule has 1 aliphatic rings. The van der Waals surface area contributed by atoms with Gasteiger partial charge in [-0.15, -0.1) is 0 Å². The van der Waals surface area contributed by atoms with Crippen molar-refractivity contribution < 1.29 is 27.8 Å². The Bertz CT molecular complexity index is 1030. The van der Waals surface area contributed by atoms with Crippen LogP contribution in [0, 0.1) is 20.2 Å². The van der Waals surface area contributed by atoms with Crippen LogP contribution >= 0.6 is 31.9 Å². The van der Waals surface area contributed by atoms with E-state index in [1.54, 1.807) is 0 Å². The van der Waals surface area contributed by atoms with E-state index in [2.05, 4.69) is 36.6 Å². The Balaban J connectivity index is 2.26. The van der Waals surface area contributed by atoms with E-state index in [0.29, 0.717) is 6.07 Å². The van der Waals surface area contributed by atoms with Gasteiger partial charge in [0, 0.05) is 19.7 Å². The van der Waals surface area contributed by atoms with Crippen molar-refractivity contribution in [1.82, 2.24) is 4.72 Å². The molecule has 0 heterocycles. The number of rotatable bonds is 8. The van der Waals surface area contributed by atoms with Crippen molar-refractivity contribution in [2.75, 3.05) is 13.7 Å². The molecule has 0 radical (unpaired) electrons. The van der Waals surface area contributed by atoms with Crippen LogP contribution in [0.5, 0.6) is 0 Å². The fourth-order valence-electron chi connectivity index (χ4n) is 2.53. The summed E-state index contributed by atoms with van der Waals surface area (Å²) in [5.41, 5.74) is -2.62. The number of hydrogen-bond acceptors (Lipinski definition) is 8. The molecular formula is C15H13Br2N3O8S. The van der Waals surface area contributed by atoms with Gasteiger partial charge >= 0.3 is 0 Å². The second-order valence-corrected chi connectivity index (χ2v) is 9.23. The normalized spacial score (nSPS) is 16.2. The molecule has 0 saturated heterocycles. The van der Waals surface area contributed by atoms with Crippen molar-refractivity contribution in [2.45, 2.75) is 16.9 Å². The molecule has 0 amide bonds. The standard InChI is InChI=1S/C15H13Br2N3O8S/c1-28-15(7-10(16)14(21)11(17)8-15)4-5-18-29(26,27)13-3-2-9(19(22)23)6-12(13)20(24)25/h2-3,6-8,18H,4-5H2,1H3. The van der Waals surface area contributed by atoms with E-state index < -0.39 is 41.7 Å². The minimum absolute atomic E-state index is 0.0565. The Morgan fingerprint density at radius 2 is 1.72 bits per heavy atom. The zero-order valence-corrected chi connectivity index (χ0v) is 18.6. The van der Waals surface area contributed by atoms with Crippen LogP contribution in [0.25, 0.3) is 0 Å². The van der Waals surface area contributed by atoms with Crippen LogP contribution in [0.4, 0.5) is 11.4 Å². The van der Waals surface area contributed by atoms with Gasteiger partial charge in [-0.3, -0.25) is 25.0 Å². The zero-order chi connectivity index (χ0) is 22.0. The molecule has 1 aliphatic carbocycles. The van der Waals surface area contributed by atoms with Gasteiger partial charge in [-0.2, -0.15) is 0 Å². The summed E-state index contributed by atoms with van der Waals surface area (Å²) in [6.07, 6.45) is 3.01. The third-order valence-electron chi connectivity index (χ3n) is 4.00. The first-order valence-corrected chi connectivity index (χ1v) is 10.8. The maximum Gasteiger partial charge on any atom is 0.296 e. The van der Waals surface area contributed by atoms with Crippen LogP contribution < -0.4 is 4.72 Å². The summed E-state index contributed by atoms with van der Waals surface area (Å²) in [5, 5.41) is 22.0. The minimum atomic E-state index is -4.35. The van der Waals surface area contributed by atoms with E-state index in [4.69, 9.17) is 4.74 Å². The number of carbonyl (C=O) groups excluding carboxylic acids is 1. The molecule has 11 nitrogen and oxygen atoms in total. The van der Waals surface area contributed by atoms with E-state index in [0.717, 1.165) is 12.1 Å². The van der Waals surface area contributed by atoms with Crippen molar-refractivity contribution >= 4 is 59.0 Å². The van der Waals surface area contributed by atoms with E-state index in [-0.39, 0.29) is 27.7 Å². The van der Waals surface area contributed by atoms with Crippen molar-refractivity contribution in [3.8, 4) is 0 Å². The first-order valence-electron chi connectivity index (χ1n) is 7.71. The van der Waals surface area contributed by atoms with Crippen molar-refractivity contribution in [3.63, 3.8) is 0 Å². The average Bonchev–Trinajstić information content (AvgIpc) is 2.65. The first-order chi connectivity index (χ1) is 13.4. The average molecular weight is 555 g/mol. The number of allylic oxidation sites excluding steroid dienone is 2. The molecule has 0 saturated carbocycles. The van der Waals surface area contributed by atoms with Crippen LogP contribution in [-0.2, 0) is 19.6 Å². The lowest BCUT2D eigenvalue weighted by Gasteiger charge is -2.29. The van der Waals surface area contributed by atoms with Crippen LogP contribution in [0.3, 0.4) is 0 Å². The molecule has 1 aromatic rings. The van der Waals surface area contributed by atoms with Gasteiger partial charge in [0.05, 0.1) is 24.9 Å². The van der Waals surface area contributed by atoms with Gasteiger partial charge in [-0.1, -0.05) is 0 Å². The highest BCUT2D eigenvalue weighted by molar-refractivity contribution is 9.13. The zero-order valence-electron chi connectivity index (χ0n) is 14.6. The SMILES string of the molecule is COC1(CCNS(=O)(=O)c2ccc([N+](=O)[O-])cc2[N+](=O)[O-])C=C(Br)C(=O)C(Br)=C1. The minimum Gasteiger partial charge on any atom is -0.370 e. The fraction of sp³-hybridized carbons (Fsp3) is 0.267. The summed E-state index contributed by atoms with van der Waals surface area (Å²) in [6.45, 7) is -0.202. The molecule has 0 fully saturated rings. The molecule has 0 atom stereocenters. The Morgan fingerprint density at radius 3 is 2.21 bits per heavy atom. The fourth-order valence-corrected chi connectivity index (χ4v) is 5.18. The summed E-state index contributed by atoms with van der Waals surface area (Å²) in [6, 6.07) is 2.25. The van der Waals surface area contributed by atoms with E-state index >= 15 is 0 Å². The lowest BCUT2D eigenvalue weighted by atomic mass is 9.93. The molecule has 156 valence electrons. The maximum absolute atomic E-state index is 12.5. The molecule has 0 aliphatic heterocycles. The third kappa shape index (κ3) is 5.14. The second kappa shape index (κ2) is 8.79. The molecule has 0 aromatic heterocycles. The third-order valence-corrected chi connectivity index (χ3v) is 6.69. The molecule has 1 aromatic carbocycles. The number of carbonyl (C=O) groups is 1. The summed E-state index contributed by atoms with van der Waals surface area (Å²) >= 11 is 6.23. The summed E-state index contributed by atoms with van der Waals surface area (Å²) in [7, 11) is -2.98. The Labute approximate surface area is 181 Å². The van der Waals surface area contributed by atoms with Crippen LogP contribution in [0.2, 0.25) is 0 Å². The topological polar surface area (TPSA) is 159 Å². The number of Topliss-reactive ketones (excluding diaryl/α,β-unsaturated/α-hetero) is 1. The molecule has 0 bridgehead atoms. The number of nitrogens with one attached hydrogen (secondary N) is 1. The number of sulfonamides is 1. The highest BCUT2D eigenvalue weighted by Gasteiger charge is 2.34. The summed E-state index contributed by atoms with van der Waals surface area (Å²) in [5.74, 6) is -0.306. The number of nitrogens with zero attached hydrogens (tertiary/aromatic N) is 2. The Hall–Kier alpha value is -2.00.